The van der Waals surface area contributed by atoms with E-state index >= 15 is 0 Å². The van der Waals surface area contributed by atoms with E-state index in [-0.39, 0.29) is 31.0 Å². The molecular weight excluding hydrogens is 394 g/mol. The van der Waals surface area contributed by atoms with Crippen LogP contribution in [0.25, 0.3) is 0 Å². The number of hydrogen-bond acceptors (Lipinski definition) is 6. The minimum Gasteiger partial charge on any atom is -0.454 e. The fourth-order valence-electron chi connectivity index (χ4n) is 5.02. The van der Waals surface area contributed by atoms with Gasteiger partial charge in [-0.25, -0.2) is 4.68 Å². The van der Waals surface area contributed by atoms with Gasteiger partial charge in [0.1, 0.15) is 0 Å². The van der Waals surface area contributed by atoms with Gasteiger partial charge in [0.15, 0.2) is 11.5 Å². The van der Waals surface area contributed by atoms with Crippen LogP contribution in [0.15, 0.2) is 29.1 Å². The molecule has 1 N–H and O–H groups in total. The first-order valence-electron chi connectivity index (χ1n) is 10.0. The molecule has 0 aliphatic carbocycles. The number of halogens is 1. The molecule has 2 fully saturated rings. The molecule has 7 nitrogen and oxygen atoms in total. The van der Waals surface area contributed by atoms with Crippen molar-refractivity contribution in [2.45, 2.75) is 63.4 Å². The highest BCUT2D eigenvalue weighted by molar-refractivity contribution is 6.31. The van der Waals surface area contributed by atoms with Crippen molar-refractivity contribution in [1.29, 1.82) is 0 Å². The summed E-state index contributed by atoms with van der Waals surface area (Å²) < 4.78 is 12.3. The number of nitrogens with zero attached hydrogens (tertiary/aromatic N) is 3. The molecule has 3 aliphatic heterocycles. The molecule has 1 aromatic carbocycles. The first-order valence-corrected chi connectivity index (χ1v) is 10.4. The van der Waals surface area contributed by atoms with E-state index in [1.54, 1.807) is 6.07 Å². The van der Waals surface area contributed by atoms with Crippen LogP contribution in [-0.2, 0) is 13.1 Å². The SMILES string of the molecule is Cc1ccc(=O)n(CC2(O)CC3CCC(C2)N3Cc2cc3c(cc2Cl)OCO3)n1. The predicted octanol–water partition coefficient (Wildman–Crippen LogP) is 2.49. The van der Waals surface area contributed by atoms with Crippen LogP contribution >= 0.6 is 11.6 Å². The number of aromatic nitrogens is 2. The van der Waals surface area contributed by atoms with E-state index in [2.05, 4.69) is 10.00 Å². The first kappa shape index (κ1) is 18.9. The summed E-state index contributed by atoms with van der Waals surface area (Å²) in [6, 6.07) is 7.49. The first-order chi connectivity index (χ1) is 13.9. The summed E-state index contributed by atoms with van der Waals surface area (Å²) in [5, 5.41) is 16.3. The van der Waals surface area contributed by atoms with Gasteiger partial charge in [0.2, 0.25) is 6.79 Å². The number of hydrogen-bond donors (Lipinski definition) is 1. The molecule has 1 aromatic heterocycles. The Kier molecular flexibility index (Phi) is 4.57. The van der Waals surface area contributed by atoms with Crippen molar-refractivity contribution in [2.24, 2.45) is 0 Å². The number of piperidine rings is 1. The van der Waals surface area contributed by atoms with Crippen LogP contribution in [0.4, 0.5) is 0 Å². The Hall–Kier alpha value is -2.09. The summed E-state index contributed by atoms with van der Waals surface area (Å²) in [4.78, 5) is 14.6. The Morgan fingerprint density at radius 3 is 2.62 bits per heavy atom. The third-order valence-corrected chi connectivity index (χ3v) is 6.69. The molecule has 2 bridgehead atoms. The summed E-state index contributed by atoms with van der Waals surface area (Å²) in [5.74, 6) is 1.42. The minimum atomic E-state index is -0.925. The number of aryl methyl sites for hydroxylation is 1. The molecule has 0 spiro atoms. The molecule has 2 atom stereocenters. The summed E-state index contributed by atoms with van der Waals surface area (Å²) >= 11 is 6.48. The van der Waals surface area contributed by atoms with Crippen LogP contribution in [0.1, 0.15) is 36.9 Å². The maximum Gasteiger partial charge on any atom is 0.266 e. The van der Waals surface area contributed by atoms with Crippen molar-refractivity contribution >= 4 is 11.6 Å². The molecule has 4 heterocycles. The van der Waals surface area contributed by atoms with Gasteiger partial charge in [-0.3, -0.25) is 9.69 Å². The fraction of sp³-hybridized carbons (Fsp3) is 0.524. The zero-order valence-corrected chi connectivity index (χ0v) is 17.1. The van der Waals surface area contributed by atoms with Crippen molar-refractivity contribution in [3.8, 4) is 11.5 Å². The lowest BCUT2D eigenvalue weighted by Gasteiger charge is -2.44. The number of fused-ring (bicyclic) bond motifs is 3. The van der Waals surface area contributed by atoms with E-state index in [9.17, 15) is 9.90 Å². The average molecular weight is 418 g/mol. The van der Waals surface area contributed by atoms with Gasteiger partial charge in [-0.05, 0) is 50.3 Å². The molecule has 154 valence electrons. The van der Waals surface area contributed by atoms with Gasteiger partial charge in [0.05, 0.1) is 17.8 Å². The lowest BCUT2D eigenvalue weighted by atomic mass is 9.85. The van der Waals surface area contributed by atoms with E-state index in [1.165, 1.54) is 10.7 Å². The second kappa shape index (κ2) is 7.00. The molecule has 0 amide bonds. The molecule has 29 heavy (non-hydrogen) atoms. The zero-order chi connectivity index (χ0) is 20.2. The Balaban J connectivity index is 1.34. The molecule has 2 aromatic rings. The van der Waals surface area contributed by atoms with Gasteiger partial charge in [-0.1, -0.05) is 11.6 Å². The Morgan fingerprint density at radius 1 is 1.21 bits per heavy atom. The van der Waals surface area contributed by atoms with Gasteiger partial charge < -0.3 is 14.6 Å². The highest BCUT2D eigenvalue weighted by atomic mass is 35.5. The lowest BCUT2D eigenvalue weighted by molar-refractivity contribution is -0.0677. The highest BCUT2D eigenvalue weighted by Gasteiger charge is 2.48. The molecule has 5 rings (SSSR count). The average Bonchev–Trinajstić information content (AvgIpc) is 3.21. The normalized spacial score (nSPS) is 28.1. The van der Waals surface area contributed by atoms with Crippen LogP contribution < -0.4 is 15.0 Å². The Labute approximate surface area is 173 Å². The van der Waals surface area contributed by atoms with Gasteiger partial charge in [0, 0.05) is 35.8 Å². The molecule has 3 aliphatic rings. The van der Waals surface area contributed by atoms with Gasteiger partial charge in [0.25, 0.3) is 5.56 Å². The highest BCUT2D eigenvalue weighted by Crippen LogP contribution is 2.44. The monoisotopic (exact) mass is 417 g/mol. The van der Waals surface area contributed by atoms with Crippen molar-refractivity contribution < 1.29 is 14.6 Å². The van der Waals surface area contributed by atoms with Crippen molar-refractivity contribution in [1.82, 2.24) is 14.7 Å². The van der Waals surface area contributed by atoms with Gasteiger partial charge >= 0.3 is 0 Å². The second-order valence-electron chi connectivity index (χ2n) is 8.46. The maximum absolute atomic E-state index is 12.1. The lowest BCUT2D eigenvalue weighted by Crippen LogP contribution is -2.53. The quantitative estimate of drug-likeness (QED) is 0.823. The number of ether oxygens (including phenoxy) is 2. The van der Waals surface area contributed by atoms with E-state index in [4.69, 9.17) is 21.1 Å². The Morgan fingerprint density at radius 2 is 1.90 bits per heavy atom. The third kappa shape index (κ3) is 3.52. The smallest absolute Gasteiger partial charge is 0.266 e. The topological polar surface area (TPSA) is 76.8 Å². The fourth-order valence-corrected chi connectivity index (χ4v) is 5.23. The van der Waals surface area contributed by atoms with Gasteiger partial charge in [-0.2, -0.15) is 5.10 Å². The molecule has 2 unspecified atom stereocenters. The number of rotatable bonds is 4. The van der Waals surface area contributed by atoms with Crippen molar-refractivity contribution in [3.05, 3.63) is 50.9 Å². The molecular formula is C21H24ClN3O4. The standard InChI is InChI=1S/C21H24ClN3O4/c1-13-2-5-20(26)25(23-13)11-21(27)8-15-3-4-16(9-21)24(15)10-14-6-18-19(7-17(14)22)29-12-28-18/h2,5-7,15-16,27H,3-4,8-12H2,1H3. The predicted molar refractivity (Wildman–Crippen MR) is 107 cm³/mol. The zero-order valence-electron chi connectivity index (χ0n) is 16.3. The van der Waals surface area contributed by atoms with Crippen LogP contribution in [0.3, 0.4) is 0 Å². The molecule has 0 saturated carbocycles. The Bertz CT molecular complexity index is 994. The van der Waals surface area contributed by atoms with Crippen LogP contribution in [-0.4, -0.2) is 44.3 Å². The summed E-state index contributed by atoms with van der Waals surface area (Å²) in [7, 11) is 0. The van der Waals surface area contributed by atoms with E-state index in [1.807, 2.05) is 19.1 Å². The third-order valence-electron chi connectivity index (χ3n) is 6.34. The van der Waals surface area contributed by atoms with Crippen LogP contribution in [0.5, 0.6) is 11.5 Å². The van der Waals surface area contributed by atoms with Crippen molar-refractivity contribution in [2.75, 3.05) is 6.79 Å². The summed E-state index contributed by atoms with van der Waals surface area (Å²) in [6.07, 6.45) is 3.30. The molecule has 0 radical (unpaired) electrons. The molecule has 8 heteroatoms. The van der Waals surface area contributed by atoms with E-state index < -0.39 is 5.60 Å². The largest absolute Gasteiger partial charge is 0.454 e. The number of benzene rings is 1. The summed E-state index contributed by atoms with van der Waals surface area (Å²) in [5.41, 5.74) is 0.679. The van der Waals surface area contributed by atoms with Crippen molar-refractivity contribution in [3.63, 3.8) is 0 Å². The van der Waals surface area contributed by atoms with Crippen LogP contribution in [0.2, 0.25) is 5.02 Å². The maximum atomic E-state index is 12.1. The van der Waals surface area contributed by atoms with Crippen LogP contribution in [0, 0.1) is 6.92 Å². The molecule has 2 saturated heterocycles. The van der Waals surface area contributed by atoms with E-state index in [0.29, 0.717) is 30.2 Å². The van der Waals surface area contributed by atoms with E-state index in [0.717, 1.165) is 29.8 Å². The number of aliphatic hydroxyl groups is 1. The van der Waals surface area contributed by atoms with Gasteiger partial charge in [-0.15, -0.1) is 0 Å². The minimum absolute atomic E-state index is 0.175. The summed E-state index contributed by atoms with van der Waals surface area (Å²) in [6.45, 7) is 3.02. The second-order valence-corrected chi connectivity index (χ2v) is 8.86.